The van der Waals surface area contributed by atoms with E-state index >= 15 is 0 Å². The van der Waals surface area contributed by atoms with Gasteiger partial charge in [-0.05, 0) is 12.8 Å². The van der Waals surface area contributed by atoms with Gasteiger partial charge in [0.15, 0.2) is 0 Å². The Hall–Kier alpha value is -0.490. The van der Waals surface area contributed by atoms with Crippen LogP contribution in [-0.2, 0) is 0 Å². The smallest absolute Gasteiger partial charge is 0.207 e. The Morgan fingerprint density at radius 1 is 0.889 bits per heavy atom. The molecule has 18 heavy (non-hydrogen) atoms. The van der Waals surface area contributed by atoms with Crippen LogP contribution in [0.3, 0.4) is 0 Å². The molecule has 0 aromatic rings. The molecule has 0 aromatic heterocycles. The molecule has 0 saturated heterocycles. The second-order valence-corrected chi connectivity index (χ2v) is 4.82. The van der Waals surface area contributed by atoms with Crippen LogP contribution in [0, 0.1) is 5.92 Å². The third kappa shape index (κ3) is 4.31. The Balaban J connectivity index is 2.02. The van der Waals surface area contributed by atoms with Crippen LogP contribution in [-0.4, -0.2) is 18.0 Å². The molecule has 0 heterocycles. The van der Waals surface area contributed by atoms with Crippen LogP contribution in [0.1, 0.15) is 44.9 Å². The molecule has 0 spiro atoms. The Morgan fingerprint density at radius 3 is 1.83 bits per heavy atom. The molecule has 108 valence electrons. The average Bonchev–Trinajstić information content (AvgIpc) is 2.78. The molecule has 1 unspecified atom stereocenters. The predicted octanol–water partition coefficient (Wildman–Crippen LogP) is 5.18. The third-order valence-corrected chi connectivity index (χ3v) is 3.16. The second-order valence-electron chi connectivity index (χ2n) is 4.82. The van der Waals surface area contributed by atoms with Crippen molar-refractivity contribution in [1.82, 2.24) is 0 Å². The van der Waals surface area contributed by atoms with Crippen molar-refractivity contribution in [2.45, 2.75) is 63.0 Å². The summed E-state index contributed by atoms with van der Waals surface area (Å²) in [6.45, 7) is 0. The largest absolute Gasteiger partial charge is 0.453 e. The maximum absolute atomic E-state index is 12.5. The minimum atomic E-state index is -5.50. The van der Waals surface area contributed by atoms with Crippen molar-refractivity contribution >= 4 is 0 Å². The fraction of sp³-hybridized carbons (Fsp3) is 1.00. The maximum Gasteiger partial charge on any atom is 0.453 e. The van der Waals surface area contributed by atoms with Gasteiger partial charge in [0, 0.05) is 18.8 Å². The monoisotopic (exact) mass is 280 g/mol. The van der Waals surface area contributed by atoms with E-state index in [4.69, 9.17) is 0 Å². The number of alkyl halides is 7. The van der Waals surface area contributed by atoms with Crippen molar-refractivity contribution in [2.75, 3.05) is 0 Å². The van der Waals surface area contributed by atoms with Crippen LogP contribution in [0.4, 0.5) is 30.7 Å². The number of hydrogen-bond acceptors (Lipinski definition) is 0. The van der Waals surface area contributed by atoms with Crippen molar-refractivity contribution < 1.29 is 30.7 Å². The Morgan fingerprint density at radius 2 is 1.39 bits per heavy atom. The predicted molar refractivity (Wildman–Crippen MR) is 51.8 cm³/mol. The molecular formula is C11H15F7. The number of rotatable bonds is 7. The van der Waals surface area contributed by atoms with E-state index in [1.54, 1.807) is 0 Å². The average molecular weight is 280 g/mol. The summed E-state index contributed by atoms with van der Waals surface area (Å²) in [6.07, 6.45) is -5.68. The van der Waals surface area contributed by atoms with Gasteiger partial charge >= 0.3 is 12.1 Å². The first-order valence-electron chi connectivity index (χ1n) is 5.89. The van der Waals surface area contributed by atoms with Gasteiger partial charge < -0.3 is 0 Å². The molecule has 0 aromatic carbocycles. The molecule has 1 aliphatic carbocycles. The minimum Gasteiger partial charge on any atom is -0.207 e. The molecule has 0 radical (unpaired) electrons. The lowest BCUT2D eigenvalue weighted by molar-refractivity contribution is -0.284. The number of halogens is 7. The highest BCUT2D eigenvalue weighted by atomic mass is 19.4. The van der Waals surface area contributed by atoms with E-state index in [-0.39, 0.29) is 19.3 Å². The zero-order chi connectivity index (χ0) is 14.0. The van der Waals surface area contributed by atoms with Crippen molar-refractivity contribution in [1.29, 1.82) is 0 Å². The Bertz CT molecular complexity index is 269. The fourth-order valence-corrected chi connectivity index (χ4v) is 1.82. The van der Waals surface area contributed by atoms with Gasteiger partial charge in [0.1, 0.15) is 0 Å². The summed E-state index contributed by atoms with van der Waals surface area (Å²) in [5.74, 6) is -7.84. The van der Waals surface area contributed by atoms with Crippen LogP contribution in [0.5, 0.6) is 0 Å². The van der Waals surface area contributed by atoms with Crippen molar-refractivity contribution in [3.8, 4) is 0 Å². The normalized spacial score (nSPS) is 23.2. The molecule has 0 nitrogen and oxygen atoms in total. The van der Waals surface area contributed by atoms with E-state index < -0.39 is 30.4 Å². The lowest BCUT2D eigenvalue weighted by Crippen LogP contribution is -2.36. The zero-order valence-electron chi connectivity index (χ0n) is 9.67. The second kappa shape index (κ2) is 5.25. The number of hydrogen-bond donors (Lipinski definition) is 0. The molecule has 1 saturated carbocycles. The highest BCUT2D eigenvalue weighted by molar-refractivity contribution is 4.94. The lowest BCUT2D eigenvalue weighted by atomic mass is 10.1. The highest BCUT2D eigenvalue weighted by Gasteiger charge is 2.56. The van der Waals surface area contributed by atoms with E-state index in [9.17, 15) is 30.7 Å². The van der Waals surface area contributed by atoms with Crippen LogP contribution in [0.25, 0.3) is 0 Å². The summed E-state index contributed by atoms with van der Waals surface area (Å²) in [7, 11) is 0. The van der Waals surface area contributed by atoms with Gasteiger partial charge in [0.25, 0.3) is 5.92 Å². The first-order valence-corrected chi connectivity index (χ1v) is 5.89. The molecule has 1 atom stereocenters. The first-order chi connectivity index (χ1) is 8.06. The topological polar surface area (TPSA) is 0 Å². The molecule has 1 fully saturated rings. The summed E-state index contributed by atoms with van der Waals surface area (Å²) in [6, 6.07) is 0. The van der Waals surface area contributed by atoms with Crippen molar-refractivity contribution in [3.63, 3.8) is 0 Å². The summed E-state index contributed by atoms with van der Waals surface area (Å²) in [4.78, 5) is 0. The molecule has 0 N–H and O–H groups in total. The first kappa shape index (κ1) is 15.6. The summed E-state index contributed by atoms with van der Waals surface area (Å²) in [5.41, 5.74) is 0. The molecule has 7 heteroatoms. The van der Waals surface area contributed by atoms with Crippen molar-refractivity contribution in [2.24, 2.45) is 5.92 Å². The maximum atomic E-state index is 12.5. The van der Waals surface area contributed by atoms with Gasteiger partial charge in [-0.2, -0.15) is 22.0 Å². The van der Waals surface area contributed by atoms with E-state index in [0.717, 1.165) is 0 Å². The lowest BCUT2D eigenvalue weighted by Gasteiger charge is -2.19. The van der Waals surface area contributed by atoms with Crippen molar-refractivity contribution in [3.05, 3.63) is 0 Å². The summed E-state index contributed by atoms with van der Waals surface area (Å²) < 4.78 is 85.1. The molecule has 1 rings (SSSR count). The van der Waals surface area contributed by atoms with Gasteiger partial charge in [0.05, 0.1) is 0 Å². The van der Waals surface area contributed by atoms with E-state index in [1.165, 1.54) is 0 Å². The Kier molecular flexibility index (Phi) is 4.54. The number of unbranched alkanes of at least 4 members (excludes halogenated alkanes) is 3. The molecule has 1 aliphatic rings. The zero-order valence-corrected chi connectivity index (χ0v) is 9.67. The van der Waals surface area contributed by atoms with Gasteiger partial charge in [0.2, 0.25) is 0 Å². The summed E-state index contributed by atoms with van der Waals surface area (Å²) in [5, 5.41) is 0. The molecule has 0 bridgehead atoms. The summed E-state index contributed by atoms with van der Waals surface area (Å²) >= 11 is 0. The van der Waals surface area contributed by atoms with Crippen LogP contribution >= 0.6 is 0 Å². The standard InChI is InChI=1S/C11H15F7/c12-9(13)7-8(9)5-3-1-2-4-6-10(14,15)11(16,17)18/h8H,1-7H2. The van der Waals surface area contributed by atoms with Gasteiger partial charge in [-0.1, -0.05) is 19.3 Å². The molecule has 0 aliphatic heterocycles. The molecular weight excluding hydrogens is 265 g/mol. The van der Waals surface area contributed by atoms with Crippen LogP contribution in [0.15, 0.2) is 0 Å². The van der Waals surface area contributed by atoms with Gasteiger partial charge in [-0.25, -0.2) is 8.78 Å². The van der Waals surface area contributed by atoms with Crippen LogP contribution in [0.2, 0.25) is 0 Å². The minimum absolute atomic E-state index is 0.126. The van der Waals surface area contributed by atoms with E-state index in [2.05, 4.69) is 0 Å². The van der Waals surface area contributed by atoms with Crippen LogP contribution < -0.4 is 0 Å². The Labute approximate surface area is 101 Å². The third-order valence-electron chi connectivity index (χ3n) is 3.16. The quantitative estimate of drug-likeness (QED) is 0.445. The fourth-order valence-electron chi connectivity index (χ4n) is 1.82. The van der Waals surface area contributed by atoms with E-state index in [0.29, 0.717) is 19.3 Å². The SMILES string of the molecule is FC1(F)CC1CCCCCCC(F)(F)C(F)(F)F. The van der Waals surface area contributed by atoms with Gasteiger partial charge in [-0.3, -0.25) is 0 Å². The highest BCUT2D eigenvalue weighted by Crippen LogP contribution is 2.51. The van der Waals surface area contributed by atoms with Gasteiger partial charge in [-0.15, -0.1) is 0 Å². The van der Waals surface area contributed by atoms with E-state index in [1.807, 2.05) is 0 Å². The molecule has 0 amide bonds.